The molecule has 2 saturated carbocycles. The molecule has 2 aliphatic carbocycles. The van der Waals surface area contributed by atoms with E-state index in [1.54, 1.807) is 12.4 Å². The molecular formula is C54H67ClF2N16O2. The SMILES string of the molecule is CC(C)(O)CN1CCN(c2ccc(Cl)nc2)CC1.CC(C)(O)CN1CCN(c2ccc(Nc3ncc4c5ccnc(F)c5n(C5CCCC5)c4n3)nc2)CC1.Nc1ncc2c3ccnc(F)c3n(C3CCCC3)c2n1. The van der Waals surface area contributed by atoms with Gasteiger partial charge in [-0.05, 0) is 89.8 Å². The number of hydrogen-bond donors (Lipinski definition) is 4. The second-order valence-electron chi connectivity index (χ2n) is 21.5. The fourth-order valence-corrected chi connectivity index (χ4v) is 11.4. The first-order valence-electron chi connectivity index (χ1n) is 26.2. The molecule has 0 unspecified atom stereocenters. The number of nitrogen functional groups attached to an aromatic ring is 1. The molecule has 0 radical (unpaired) electrons. The summed E-state index contributed by atoms with van der Waals surface area (Å²) in [6.45, 7) is 16.2. The Hall–Kier alpha value is -6.45. The molecule has 4 aliphatic rings. The molecule has 75 heavy (non-hydrogen) atoms. The Bertz CT molecular complexity index is 3220. The Morgan fingerprint density at radius 2 is 1.04 bits per heavy atom. The monoisotopic (exact) mass is 1040 g/mol. The van der Waals surface area contributed by atoms with Crippen LogP contribution in [0.2, 0.25) is 5.15 Å². The zero-order valence-corrected chi connectivity index (χ0v) is 43.9. The second-order valence-corrected chi connectivity index (χ2v) is 21.9. The number of pyridine rings is 4. The summed E-state index contributed by atoms with van der Waals surface area (Å²) in [6, 6.07) is 11.9. The van der Waals surface area contributed by atoms with Crippen LogP contribution in [0.4, 0.5) is 37.9 Å². The van der Waals surface area contributed by atoms with E-state index in [4.69, 9.17) is 22.3 Å². The summed E-state index contributed by atoms with van der Waals surface area (Å²) in [4.78, 5) is 43.3. The van der Waals surface area contributed by atoms with E-state index in [1.165, 1.54) is 12.4 Å². The summed E-state index contributed by atoms with van der Waals surface area (Å²) in [5.74, 6) is 0.387. The topological polar surface area (TPSA) is 204 Å². The van der Waals surface area contributed by atoms with Crippen LogP contribution in [-0.4, -0.2) is 146 Å². The van der Waals surface area contributed by atoms with Gasteiger partial charge in [-0.1, -0.05) is 37.3 Å². The smallest absolute Gasteiger partial charge is 0.237 e. The number of nitrogens with two attached hydrogens (primary N) is 1. The third kappa shape index (κ3) is 12.0. The molecule has 0 amide bonds. The lowest BCUT2D eigenvalue weighted by atomic mass is 10.1. The van der Waals surface area contributed by atoms with Crippen molar-refractivity contribution in [2.45, 2.75) is 102 Å². The van der Waals surface area contributed by atoms with E-state index in [2.05, 4.69) is 65.9 Å². The largest absolute Gasteiger partial charge is 0.389 e. The van der Waals surface area contributed by atoms with Crippen LogP contribution in [0.1, 0.15) is 91.1 Å². The highest BCUT2D eigenvalue weighted by Gasteiger charge is 2.28. The first-order valence-corrected chi connectivity index (χ1v) is 26.5. The average molecular weight is 1050 g/mol. The lowest BCUT2D eigenvalue weighted by molar-refractivity contribution is 0.0340. The predicted molar refractivity (Wildman–Crippen MR) is 292 cm³/mol. The summed E-state index contributed by atoms with van der Waals surface area (Å²) in [5, 5.41) is 26.9. The molecule has 0 spiro atoms. The molecule has 0 bridgehead atoms. The molecule has 0 atom stereocenters. The van der Waals surface area contributed by atoms with Crippen molar-refractivity contribution < 1.29 is 19.0 Å². The Balaban J connectivity index is 0.000000142. The molecular weight excluding hydrogens is 978 g/mol. The van der Waals surface area contributed by atoms with E-state index in [9.17, 15) is 19.0 Å². The number of halogens is 3. The number of nitrogens with one attached hydrogen (secondary N) is 1. The molecule has 8 aromatic rings. The number of hydrogen-bond acceptors (Lipinski definition) is 16. The molecule has 4 fully saturated rings. The third-order valence-electron chi connectivity index (χ3n) is 14.6. The van der Waals surface area contributed by atoms with Gasteiger partial charge in [-0.2, -0.15) is 18.7 Å². The minimum absolute atomic E-state index is 0.211. The maximum atomic E-state index is 14.8. The molecule has 0 aromatic carbocycles. The van der Waals surface area contributed by atoms with Crippen LogP contribution in [0.15, 0.2) is 73.6 Å². The summed E-state index contributed by atoms with van der Waals surface area (Å²) in [6.07, 6.45) is 18.8. The van der Waals surface area contributed by atoms with Crippen LogP contribution in [0, 0.1) is 11.9 Å². The van der Waals surface area contributed by atoms with Crippen molar-refractivity contribution in [2.24, 2.45) is 0 Å². The number of anilines is 5. The van der Waals surface area contributed by atoms with Crippen LogP contribution >= 0.6 is 11.6 Å². The molecule has 18 nitrogen and oxygen atoms in total. The van der Waals surface area contributed by atoms with Gasteiger partial charge in [0.2, 0.25) is 23.8 Å². The van der Waals surface area contributed by atoms with Crippen molar-refractivity contribution in [1.29, 1.82) is 0 Å². The number of piperazine rings is 2. The van der Waals surface area contributed by atoms with Gasteiger partial charge in [-0.15, -0.1) is 0 Å². The first kappa shape index (κ1) is 52.0. The van der Waals surface area contributed by atoms with Gasteiger partial charge in [0.1, 0.15) is 33.3 Å². The minimum Gasteiger partial charge on any atom is -0.389 e. The van der Waals surface area contributed by atoms with Gasteiger partial charge in [-0.3, -0.25) is 9.80 Å². The molecule has 8 aromatic heterocycles. The number of aromatic nitrogens is 10. The van der Waals surface area contributed by atoms with E-state index in [1.807, 2.05) is 79.6 Å². The third-order valence-corrected chi connectivity index (χ3v) is 14.8. The van der Waals surface area contributed by atoms with Crippen LogP contribution < -0.4 is 20.9 Å². The number of fused-ring (bicyclic) bond motifs is 6. The standard InChI is InChI=1S/C27H33FN8O.C14H14FN5.C13H20ClN3O/c1-27(2,37)17-34-11-13-35(14-12-34)19-7-8-22(30-15-19)32-26-31-16-21-20-9-10-29-24(28)23(20)36(25(21)33-26)18-5-3-4-6-18;15-12-11-9(5-6-17-12)10-7-18-14(16)19-13(10)20(11)8-3-1-2-4-8;1-13(2,18)10-16-5-7-17(8-6-16)11-3-4-12(14)15-9-11/h7-10,15-16,18,37H,3-6,11-14,17H2,1-2H3,(H,30,31,32,33);5-8H,1-4H2,(H2,16,18,19);3-4,9,18H,5-8,10H2,1-2H3. The summed E-state index contributed by atoms with van der Waals surface area (Å²) < 4.78 is 33.1. The van der Waals surface area contributed by atoms with E-state index in [0.717, 1.165) is 149 Å². The first-order chi connectivity index (χ1) is 36.0. The molecule has 396 valence electrons. The number of nitrogens with zero attached hydrogens (tertiary/aromatic N) is 14. The Kier molecular flexibility index (Phi) is 15.3. The fraction of sp³-hybridized carbons (Fsp3) is 0.481. The molecule has 5 N–H and O–H groups in total. The van der Waals surface area contributed by atoms with E-state index in [0.29, 0.717) is 40.1 Å². The summed E-state index contributed by atoms with van der Waals surface area (Å²) in [7, 11) is 0. The van der Waals surface area contributed by atoms with Crippen LogP contribution in [0.5, 0.6) is 0 Å². The zero-order valence-electron chi connectivity index (χ0n) is 43.2. The van der Waals surface area contributed by atoms with Gasteiger partial charge >= 0.3 is 0 Å². The van der Waals surface area contributed by atoms with E-state index in [-0.39, 0.29) is 18.0 Å². The van der Waals surface area contributed by atoms with Gasteiger partial charge in [0.15, 0.2) is 0 Å². The van der Waals surface area contributed by atoms with Crippen LogP contribution in [-0.2, 0) is 0 Å². The lowest BCUT2D eigenvalue weighted by Crippen LogP contribution is -2.50. The number of rotatable bonds is 10. The highest BCUT2D eigenvalue weighted by molar-refractivity contribution is 6.29. The fourth-order valence-electron chi connectivity index (χ4n) is 11.3. The van der Waals surface area contributed by atoms with Crippen LogP contribution in [0.3, 0.4) is 0 Å². The summed E-state index contributed by atoms with van der Waals surface area (Å²) in [5.41, 5.74) is 9.06. The number of aliphatic hydroxyl groups is 2. The molecule has 12 rings (SSSR count). The van der Waals surface area contributed by atoms with E-state index >= 15 is 0 Å². The number of β-amino-alcohol motifs (C(OH)–C–C–N with tert-alkyl or cyclic N) is 2. The van der Waals surface area contributed by atoms with Crippen molar-refractivity contribution in [1.82, 2.24) is 58.8 Å². The maximum Gasteiger partial charge on any atom is 0.237 e. The normalized spacial score (nSPS) is 17.5. The van der Waals surface area contributed by atoms with Crippen molar-refractivity contribution in [2.75, 3.05) is 86.3 Å². The molecule has 21 heteroatoms. The van der Waals surface area contributed by atoms with E-state index < -0.39 is 23.1 Å². The summed E-state index contributed by atoms with van der Waals surface area (Å²) >= 11 is 5.78. The predicted octanol–water partition coefficient (Wildman–Crippen LogP) is 8.71. The quantitative estimate of drug-likeness (QED) is 0.0946. The average Bonchev–Trinajstić information content (AvgIpc) is 4.23. The second kappa shape index (κ2) is 22.0. The Labute approximate surface area is 440 Å². The molecule has 10 heterocycles. The van der Waals surface area contributed by atoms with Gasteiger partial charge < -0.3 is 40.2 Å². The van der Waals surface area contributed by atoms with Gasteiger partial charge in [0, 0.05) is 124 Å². The van der Waals surface area contributed by atoms with Gasteiger partial charge in [0.05, 0.1) is 35.0 Å². The Morgan fingerprint density at radius 1 is 0.573 bits per heavy atom. The maximum absolute atomic E-state index is 14.8. The van der Waals surface area contributed by atoms with Crippen molar-refractivity contribution in [3.8, 4) is 0 Å². The zero-order chi connectivity index (χ0) is 52.4. The highest BCUT2D eigenvalue weighted by atomic mass is 35.5. The van der Waals surface area contributed by atoms with Gasteiger partial charge in [0.25, 0.3) is 0 Å². The molecule has 2 saturated heterocycles. The van der Waals surface area contributed by atoms with Gasteiger partial charge in [-0.25, -0.2) is 29.9 Å². The van der Waals surface area contributed by atoms with Crippen LogP contribution in [0.25, 0.3) is 43.9 Å². The molecule has 2 aliphatic heterocycles. The lowest BCUT2D eigenvalue weighted by Gasteiger charge is -2.38. The minimum atomic E-state index is -0.682. The van der Waals surface area contributed by atoms with Crippen molar-refractivity contribution in [3.05, 3.63) is 90.6 Å². The van der Waals surface area contributed by atoms with Crippen molar-refractivity contribution >= 4 is 84.6 Å². The highest BCUT2D eigenvalue weighted by Crippen LogP contribution is 2.40. The van der Waals surface area contributed by atoms with Crippen molar-refractivity contribution in [3.63, 3.8) is 0 Å². The Morgan fingerprint density at radius 3 is 1.49 bits per heavy atom.